The number of hydrogen-bond acceptors (Lipinski definition) is 7. The molecule has 29 heavy (non-hydrogen) atoms. The third-order valence-electron chi connectivity index (χ3n) is 6.18. The Hall–Kier alpha value is -2.25. The first-order valence-corrected chi connectivity index (χ1v) is 10.6. The topological polar surface area (TPSA) is 80.6 Å². The molecular weight excluding hydrogens is 368 g/mol. The fraction of sp³-hybridized carbons (Fsp3) is 0.591. The summed E-state index contributed by atoms with van der Waals surface area (Å²) < 4.78 is 11.3. The zero-order valence-electron chi connectivity index (χ0n) is 17.3. The Morgan fingerprint density at radius 1 is 1.10 bits per heavy atom. The second-order valence-corrected chi connectivity index (χ2v) is 7.94. The van der Waals surface area contributed by atoms with Crippen molar-refractivity contribution in [1.29, 1.82) is 0 Å². The van der Waals surface area contributed by atoms with Gasteiger partial charge in [0.15, 0.2) is 0 Å². The molecule has 2 aliphatic rings. The van der Waals surface area contributed by atoms with Crippen LogP contribution in [-0.4, -0.2) is 51.3 Å². The molecule has 0 amide bonds. The number of aliphatic hydroxyl groups is 1. The van der Waals surface area contributed by atoms with Crippen molar-refractivity contribution in [2.75, 3.05) is 26.3 Å². The van der Waals surface area contributed by atoms with E-state index in [0.29, 0.717) is 30.7 Å². The Kier molecular flexibility index (Phi) is 5.96. The summed E-state index contributed by atoms with van der Waals surface area (Å²) in [6.07, 6.45) is 8.50. The SMILES string of the molecule is CCOc1ncc(C2(O)C3CCCC2CN(Cc2ccncc2)C3)c(OCC)n1. The lowest BCUT2D eigenvalue weighted by atomic mass is 9.63. The summed E-state index contributed by atoms with van der Waals surface area (Å²) in [5.41, 5.74) is 0.992. The minimum atomic E-state index is -0.970. The van der Waals surface area contributed by atoms with Crippen LogP contribution in [0.3, 0.4) is 0 Å². The van der Waals surface area contributed by atoms with Gasteiger partial charge in [-0.05, 0) is 44.4 Å². The van der Waals surface area contributed by atoms with Gasteiger partial charge in [0.1, 0.15) is 5.60 Å². The number of ether oxygens (including phenoxy) is 2. The fourth-order valence-electron chi connectivity index (χ4n) is 4.93. The lowest BCUT2D eigenvalue weighted by molar-refractivity contribution is -0.150. The van der Waals surface area contributed by atoms with Crippen LogP contribution >= 0.6 is 0 Å². The van der Waals surface area contributed by atoms with Crippen molar-refractivity contribution in [3.05, 3.63) is 41.9 Å². The Morgan fingerprint density at radius 3 is 2.45 bits per heavy atom. The van der Waals surface area contributed by atoms with Gasteiger partial charge in [0.05, 0.1) is 18.8 Å². The zero-order valence-corrected chi connectivity index (χ0v) is 17.3. The molecule has 7 heteroatoms. The quantitative estimate of drug-likeness (QED) is 0.768. The van der Waals surface area contributed by atoms with Gasteiger partial charge in [0.2, 0.25) is 5.88 Å². The van der Waals surface area contributed by atoms with E-state index < -0.39 is 5.60 Å². The van der Waals surface area contributed by atoms with E-state index in [-0.39, 0.29) is 11.8 Å². The molecule has 2 aromatic rings. The monoisotopic (exact) mass is 398 g/mol. The summed E-state index contributed by atoms with van der Waals surface area (Å²) >= 11 is 0. The van der Waals surface area contributed by atoms with Gasteiger partial charge in [-0.3, -0.25) is 9.88 Å². The van der Waals surface area contributed by atoms with Crippen molar-refractivity contribution in [1.82, 2.24) is 19.9 Å². The van der Waals surface area contributed by atoms with Crippen LogP contribution in [0.2, 0.25) is 0 Å². The van der Waals surface area contributed by atoms with Crippen LogP contribution in [-0.2, 0) is 12.1 Å². The number of aromatic nitrogens is 3. The summed E-state index contributed by atoms with van der Waals surface area (Å²) in [4.78, 5) is 15.4. The van der Waals surface area contributed by atoms with Gasteiger partial charge in [-0.25, -0.2) is 4.98 Å². The number of fused-ring (bicyclic) bond motifs is 2. The first-order chi connectivity index (χ1) is 14.1. The van der Waals surface area contributed by atoms with Crippen molar-refractivity contribution < 1.29 is 14.6 Å². The summed E-state index contributed by atoms with van der Waals surface area (Å²) in [7, 11) is 0. The molecule has 1 saturated heterocycles. The Bertz CT molecular complexity index is 803. The highest BCUT2D eigenvalue weighted by molar-refractivity contribution is 5.34. The lowest BCUT2D eigenvalue weighted by Gasteiger charge is -2.53. The molecule has 156 valence electrons. The third kappa shape index (κ3) is 3.94. The van der Waals surface area contributed by atoms with Crippen molar-refractivity contribution in [2.45, 2.75) is 45.3 Å². The number of nitrogens with zero attached hydrogens (tertiary/aromatic N) is 4. The maximum Gasteiger partial charge on any atom is 0.319 e. The first kappa shape index (κ1) is 20.0. The smallest absolute Gasteiger partial charge is 0.319 e. The fourth-order valence-corrected chi connectivity index (χ4v) is 4.93. The second-order valence-electron chi connectivity index (χ2n) is 7.94. The van der Waals surface area contributed by atoms with E-state index >= 15 is 0 Å². The molecule has 1 N–H and O–H groups in total. The van der Waals surface area contributed by atoms with Crippen LogP contribution < -0.4 is 9.47 Å². The zero-order chi connectivity index (χ0) is 20.3. The standard InChI is InChI=1S/C22H30N4O3/c1-3-28-20-19(12-24-21(25-20)29-4-2)22(27)17-6-5-7-18(22)15-26(14-17)13-16-8-10-23-11-9-16/h8-12,17-18,27H,3-7,13-15H2,1-2H3. The molecule has 3 heterocycles. The average Bonchev–Trinajstić information content (AvgIpc) is 2.70. The Morgan fingerprint density at radius 2 is 1.79 bits per heavy atom. The van der Waals surface area contributed by atoms with Crippen LogP contribution in [0, 0.1) is 11.8 Å². The predicted molar refractivity (Wildman–Crippen MR) is 109 cm³/mol. The van der Waals surface area contributed by atoms with Crippen LogP contribution in [0.15, 0.2) is 30.7 Å². The molecule has 1 aliphatic carbocycles. The minimum absolute atomic E-state index is 0.123. The molecule has 2 atom stereocenters. The van der Waals surface area contributed by atoms with E-state index in [2.05, 4.69) is 32.0 Å². The molecular formula is C22H30N4O3. The van der Waals surface area contributed by atoms with Crippen LogP contribution in [0.4, 0.5) is 0 Å². The highest BCUT2D eigenvalue weighted by Gasteiger charge is 2.53. The van der Waals surface area contributed by atoms with Crippen LogP contribution in [0.1, 0.15) is 44.2 Å². The Labute approximate surface area is 172 Å². The maximum absolute atomic E-state index is 12.0. The van der Waals surface area contributed by atoms with Gasteiger partial charge < -0.3 is 14.6 Å². The molecule has 7 nitrogen and oxygen atoms in total. The molecule has 2 fully saturated rings. The van der Waals surface area contributed by atoms with E-state index in [1.54, 1.807) is 6.20 Å². The van der Waals surface area contributed by atoms with E-state index in [9.17, 15) is 5.11 Å². The highest BCUT2D eigenvalue weighted by atomic mass is 16.5. The summed E-state index contributed by atoms with van der Waals surface area (Å²) in [6, 6.07) is 4.41. The van der Waals surface area contributed by atoms with Gasteiger partial charge in [-0.15, -0.1) is 0 Å². The van der Waals surface area contributed by atoms with Gasteiger partial charge >= 0.3 is 6.01 Å². The van der Waals surface area contributed by atoms with Crippen molar-refractivity contribution in [3.8, 4) is 11.9 Å². The van der Waals surface area contributed by atoms with Gasteiger partial charge in [0, 0.05) is 50.1 Å². The third-order valence-corrected chi connectivity index (χ3v) is 6.18. The summed E-state index contributed by atoms with van der Waals surface area (Å²) in [5, 5.41) is 12.0. The van der Waals surface area contributed by atoms with E-state index in [4.69, 9.17) is 9.47 Å². The number of piperidine rings is 1. The van der Waals surface area contributed by atoms with Gasteiger partial charge in [-0.2, -0.15) is 4.98 Å². The molecule has 2 bridgehead atoms. The molecule has 1 aliphatic heterocycles. The molecule has 2 aromatic heterocycles. The van der Waals surface area contributed by atoms with Crippen LogP contribution in [0.25, 0.3) is 0 Å². The lowest BCUT2D eigenvalue weighted by Crippen LogP contribution is -2.58. The van der Waals surface area contributed by atoms with E-state index in [1.165, 1.54) is 5.56 Å². The molecule has 0 spiro atoms. The Balaban J connectivity index is 1.62. The average molecular weight is 399 g/mol. The van der Waals surface area contributed by atoms with E-state index in [0.717, 1.165) is 38.9 Å². The molecule has 4 rings (SSSR count). The van der Waals surface area contributed by atoms with Crippen molar-refractivity contribution >= 4 is 0 Å². The molecule has 0 aromatic carbocycles. The molecule has 0 radical (unpaired) electrons. The van der Waals surface area contributed by atoms with Crippen molar-refractivity contribution in [2.24, 2.45) is 11.8 Å². The highest BCUT2D eigenvalue weighted by Crippen LogP contribution is 2.51. The van der Waals surface area contributed by atoms with Crippen LogP contribution in [0.5, 0.6) is 11.9 Å². The second kappa shape index (κ2) is 8.63. The first-order valence-electron chi connectivity index (χ1n) is 10.6. The maximum atomic E-state index is 12.0. The summed E-state index contributed by atoms with van der Waals surface area (Å²) in [5.74, 6) is 0.697. The van der Waals surface area contributed by atoms with Crippen molar-refractivity contribution in [3.63, 3.8) is 0 Å². The van der Waals surface area contributed by atoms with E-state index in [1.807, 2.05) is 26.2 Å². The predicted octanol–water partition coefficient (Wildman–Crippen LogP) is 2.79. The van der Waals surface area contributed by atoms with Gasteiger partial charge in [-0.1, -0.05) is 6.42 Å². The number of rotatable bonds is 7. The molecule has 2 unspecified atom stereocenters. The number of hydrogen-bond donors (Lipinski definition) is 1. The normalized spacial score (nSPS) is 26.9. The molecule has 1 saturated carbocycles. The number of pyridine rings is 1. The minimum Gasteiger partial charge on any atom is -0.478 e. The number of likely N-dealkylation sites (tertiary alicyclic amines) is 1. The van der Waals surface area contributed by atoms with Gasteiger partial charge in [0.25, 0.3) is 0 Å². The summed E-state index contributed by atoms with van der Waals surface area (Å²) in [6.45, 7) is 7.36. The largest absolute Gasteiger partial charge is 0.478 e.